The summed E-state index contributed by atoms with van der Waals surface area (Å²) in [7, 11) is 0. The van der Waals surface area contributed by atoms with Gasteiger partial charge in [-0.15, -0.1) is 6.58 Å². The van der Waals surface area contributed by atoms with Crippen molar-refractivity contribution in [2.75, 3.05) is 4.90 Å². The number of hydrogen-bond donors (Lipinski definition) is 0. The molecule has 36 heavy (non-hydrogen) atoms. The summed E-state index contributed by atoms with van der Waals surface area (Å²) in [5, 5.41) is 0. The first-order valence-electron chi connectivity index (χ1n) is 12.5. The molecule has 1 fully saturated rings. The van der Waals surface area contributed by atoms with Crippen LogP contribution in [0.15, 0.2) is 110 Å². The first-order chi connectivity index (χ1) is 17.6. The summed E-state index contributed by atoms with van der Waals surface area (Å²) >= 11 is 0. The number of aromatic nitrogens is 3. The quantitative estimate of drug-likeness (QED) is 0.248. The highest BCUT2D eigenvalue weighted by atomic mass is 15.2. The van der Waals surface area contributed by atoms with Gasteiger partial charge in [-0.1, -0.05) is 79.4 Å². The number of allylic oxidation sites excluding steroid dienone is 6. The SMILES string of the molecule is C=C/C=C(\C=C/C)c1nc(-c2ccccc2)nc(-c2ccc(N3C(C)CC(C=C)C3/C=C\C)cc2)n1. The Hall–Kier alpha value is -4.05. The molecule has 0 aliphatic carbocycles. The Morgan fingerprint density at radius 2 is 1.56 bits per heavy atom. The van der Waals surface area contributed by atoms with E-state index in [1.165, 1.54) is 5.69 Å². The third kappa shape index (κ3) is 5.28. The van der Waals surface area contributed by atoms with Crippen LogP contribution in [0.3, 0.4) is 0 Å². The van der Waals surface area contributed by atoms with Crippen molar-refractivity contribution in [3.8, 4) is 22.8 Å². The monoisotopic (exact) mass is 474 g/mol. The Morgan fingerprint density at radius 3 is 2.14 bits per heavy atom. The third-order valence-corrected chi connectivity index (χ3v) is 6.53. The maximum atomic E-state index is 4.85. The van der Waals surface area contributed by atoms with E-state index in [0.717, 1.165) is 23.1 Å². The zero-order valence-corrected chi connectivity index (χ0v) is 21.4. The number of nitrogens with zero attached hydrogens (tertiary/aromatic N) is 4. The van der Waals surface area contributed by atoms with Crippen molar-refractivity contribution in [3.05, 3.63) is 116 Å². The lowest BCUT2D eigenvalue weighted by molar-refractivity contribution is 0.644. The summed E-state index contributed by atoms with van der Waals surface area (Å²) in [6, 6.07) is 19.3. The highest BCUT2D eigenvalue weighted by Crippen LogP contribution is 2.36. The van der Waals surface area contributed by atoms with Crippen molar-refractivity contribution in [1.29, 1.82) is 0 Å². The first kappa shape index (κ1) is 25.1. The van der Waals surface area contributed by atoms with E-state index in [2.05, 4.69) is 74.4 Å². The van der Waals surface area contributed by atoms with Crippen LogP contribution in [0.2, 0.25) is 0 Å². The maximum Gasteiger partial charge on any atom is 0.164 e. The minimum absolute atomic E-state index is 0.314. The molecule has 0 spiro atoms. The van der Waals surface area contributed by atoms with Gasteiger partial charge in [-0.25, -0.2) is 15.0 Å². The fourth-order valence-electron chi connectivity index (χ4n) is 4.89. The summed E-state index contributed by atoms with van der Waals surface area (Å²) in [6.07, 6.45) is 15.2. The summed E-state index contributed by atoms with van der Waals surface area (Å²) < 4.78 is 0. The second-order valence-electron chi connectivity index (χ2n) is 8.98. The summed E-state index contributed by atoms with van der Waals surface area (Å²) in [5.41, 5.74) is 3.98. The van der Waals surface area contributed by atoms with Gasteiger partial charge in [0.1, 0.15) is 0 Å². The largest absolute Gasteiger partial charge is 0.362 e. The molecule has 0 N–H and O–H groups in total. The molecule has 1 saturated heterocycles. The molecule has 4 heteroatoms. The van der Waals surface area contributed by atoms with Crippen molar-refractivity contribution in [2.24, 2.45) is 5.92 Å². The van der Waals surface area contributed by atoms with E-state index in [9.17, 15) is 0 Å². The Kier molecular flexibility index (Phi) is 8.06. The fraction of sp³-hybridized carbons (Fsp3) is 0.219. The standard InChI is InChI=1S/C32H34N4/c1-6-13-25(14-7-2)30-33-31(26-16-11-10-12-17-26)35-32(34-30)27-18-20-28(21-19-27)36-23(5)22-24(9-4)29(36)15-8-3/h6-21,23-24,29H,1,4,22H2,2-3,5H3/b14-7-,15-8-,25-13+. The molecule has 1 aliphatic heterocycles. The fourth-order valence-corrected chi connectivity index (χ4v) is 4.89. The lowest BCUT2D eigenvalue weighted by Crippen LogP contribution is -2.34. The Morgan fingerprint density at radius 1 is 0.889 bits per heavy atom. The van der Waals surface area contributed by atoms with E-state index >= 15 is 0 Å². The Labute approximate surface area is 215 Å². The molecule has 182 valence electrons. The average Bonchev–Trinajstić information content (AvgIpc) is 3.24. The molecule has 3 aromatic rings. The van der Waals surface area contributed by atoms with Gasteiger partial charge in [0.15, 0.2) is 17.5 Å². The van der Waals surface area contributed by atoms with E-state index < -0.39 is 0 Å². The minimum Gasteiger partial charge on any atom is -0.362 e. The van der Waals surface area contributed by atoms with Gasteiger partial charge in [0.25, 0.3) is 0 Å². The number of benzene rings is 2. The summed E-state index contributed by atoms with van der Waals surface area (Å²) in [6.45, 7) is 14.3. The number of anilines is 1. The zero-order valence-electron chi connectivity index (χ0n) is 21.4. The molecule has 3 atom stereocenters. The van der Waals surface area contributed by atoms with Gasteiger partial charge in [0, 0.05) is 34.3 Å². The van der Waals surface area contributed by atoms with E-state index in [4.69, 9.17) is 15.0 Å². The Balaban J connectivity index is 1.77. The van der Waals surface area contributed by atoms with E-state index in [1.54, 1.807) is 6.08 Å². The van der Waals surface area contributed by atoms with Crippen LogP contribution in [0.1, 0.15) is 33.0 Å². The van der Waals surface area contributed by atoms with Crippen molar-refractivity contribution in [2.45, 2.75) is 39.3 Å². The lowest BCUT2D eigenvalue weighted by atomic mass is 9.99. The second kappa shape index (κ2) is 11.6. The number of hydrogen-bond acceptors (Lipinski definition) is 4. The molecule has 0 amide bonds. The van der Waals surface area contributed by atoms with Gasteiger partial charge >= 0.3 is 0 Å². The topological polar surface area (TPSA) is 41.9 Å². The molecule has 2 heterocycles. The van der Waals surface area contributed by atoms with Gasteiger partial charge < -0.3 is 4.90 Å². The molecule has 4 nitrogen and oxygen atoms in total. The van der Waals surface area contributed by atoms with Gasteiger partial charge in [-0.05, 0) is 51.5 Å². The smallest absolute Gasteiger partial charge is 0.164 e. The van der Waals surface area contributed by atoms with Crippen LogP contribution in [0.4, 0.5) is 5.69 Å². The van der Waals surface area contributed by atoms with E-state index in [0.29, 0.717) is 35.5 Å². The van der Waals surface area contributed by atoms with Gasteiger partial charge in [-0.3, -0.25) is 0 Å². The molecule has 0 bridgehead atoms. The highest BCUT2D eigenvalue weighted by molar-refractivity contribution is 5.74. The van der Waals surface area contributed by atoms with Crippen molar-refractivity contribution < 1.29 is 0 Å². The van der Waals surface area contributed by atoms with Crippen LogP contribution in [0.25, 0.3) is 28.3 Å². The van der Waals surface area contributed by atoms with Crippen LogP contribution < -0.4 is 4.90 Å². The highest BCUT2D eigenvalue weighted by Gasteiger charge is 2.35. The molecule has 1 aliphatic rings. The predicted octanol–water partition coefficient (Wildman–Crippen LogP) is 7.70. The number of rotatable bonds is 8. The predicted molar refractivity (Wildman–Crippen MR) is 153 cm³/mol. The average molecular weight is 475 g/mol. The molecule has 3 unspecified atom stereocenters. The molecule has 4 rings (SSSR count). The molecule has 0 radical (unpaired) electrons. The summed E-state index contributed by atoms with van der Waals surface area (Å²) in [4.78, 5) is 17.0. The van der Waals surface area contributed by atoms with E-state index in [1.807, 2.05) is 55.5 Å². The second-order valence-corrected chi connectivity index (χ2v) is 8.98. The van der Waals surface area contributed by atoms with Crippen molar-refractivity contribution in [3.63, 3.8) is 0 Å². The zero-order chi connectivity index (χ0) is 25.5. The van der Waals surface area contributed by atoms with Gasteiger partial charge in [0.2, 0.25) is 0 Å². The van der Waals surface area contributed by atoms with Crippen LogP contribution in [0.5, 0.6) is 0 Å². The molecule has 2 aromatic carbocycles. The molecule has 0 saturated carbocycles. The normalized spacial score (nSPS) is 20.4. The van der Waals surface area contributed by atoms with Crippen LogP contribution in [-0.4, -0.2) is 27.0 Å². The lowest BCUT2D eigenvalue weighted by Gasteiger charge is -2.30. The molecule has 1 aromatic heterocycles. The van der Waals surface area contributed by atoms with Gasteiger partial charge in [-0.2, -0.15) is 0 Å². The van der Waals surface area contributed by atoms with Crippen LogP contribution in [0, 0.1) is 5.92 Å². The van der Waals surface area contributed by atoms with Crippen molar-refractivity contribution in [1.82, 2.24) is 15.0 Å². The minimum atomic E-state index is 0.314. The van der Waals surface area contributed by atoms with Crippen LogP contribution in [-0.2, 0) is 0 Å². The first-order valence-corrected chi connectivity index (χ1v) is 12.5. The summed E-state index contributed by atoms with van der Waals surface area (Å²) in [5.74, 6) is 2.36. The third-order valence-electron chi connectivity index (χ3n) is 6.53. The Bertz CT molecular complexity index is 1290. The van der Waals surface area contributed by atoms with Crippen LogP contribution >= 0.6 is 0 Å². The molecular formula is C32H34N4. The van der Waals surface area contributed by atoms with Crippen molar-refractivity contribution >= 4 is 11.3 Å². The van der Waals surface area contributed by atoms with Gasteiger partial charge in [0.05, 0.1) is 6.04 Å². The maximum absolute atomic E-state index is 4.85. The van der Waals surface area contributed by atoms with E-state index in [-0.39, 0.29) is 0 Å². The molecular weight excluding hydrogens is 440 g/mol.